The maximum Gasteiger partial charge on any atom is 0.123 e. The molecule has 1 aromatic rings. The fourth-order valence-corrected chi connectivity index (χ4v) is 1.90. The van der Waals surface area contributed by atoms with Crippen LogP contribution in [0, 0.1) is 5.82 Å². The van der Waals surface area contributed by atoms with Crippen molar-refractivity contribution in [1.82, 2.24) is 5.32 Å². The average molecular weight is 243 g/mol. The highest BCUT2D eigenvalue weighted by atomic mass is 32.2. The van der Waals surface area contributed by atoms with Gasteiger partial charge in [-0.2, -0.15) is 0 Å². The van der Waals surface area contributed by atoms with Crippen molar-refractivity contribution in [3.8, 4) is 0 Å². The maximum absolute atomic E-state index is 12.7. The summed E-state index contributed by atoms with van der Waals surface area (Å²) in [5.41, 5.74) is 1.11. The molecule has 0 amide bonds. The maximum atomic E-state index is 12.7. The SMILES string of the molecule is CC(Cc1ccc(F)cc1)NCCS(C)=O. The highest BCUT2D eigenvalue weighted by molar-refractivity contribution is 7.84. The molecule has 0 heterocycles. The summed E-state index contributed by atoms with van der Waals surface area (Å²) in [5.74, 6) is 0.471. The third kappa shape index (κ3) is 5.37. The molecular formula is C12H18FNOS. The zero-order chi connectivity index (χ0) is 12.0. The van der Waals surface area contributed by atoms with Crippen molar-refractivity contribution in [3.63, 3.8) is 0 Å². The van der Waals surface area contributed by atoms with Crippen LogP contribution < -0.4 is 5.32 Å². The van der Waals surface area contributed by atoms with Gasteiger partial charge < -0.3 is 5.32 Å². The predicted octanol–water partition coefficient (Wildman–Crippen LogP) is 1.72. The molecule has 4 heteroatoms. The van der Waals surface area contributed by atoms with Crippen molar-refractivity contribution >= 4 is 10.8 Å². The van der Waals surface area contributed by atoms with Crippen LogP contribution in [0.25, 0.3) is 0 Å². The second-order valence-corrected chi connectivity index (χ2v) is 5.52. The van der Waals surface area contributed by atoms with Gasteiger partial charge in [-0.3, -0.25) is 4.21 Å². The van der Waals surface area contributed by atoms with Gasteiger partial charge in [0, 0.05) is 35.4 Å². The van der Waals surface area contributed by atoms with E-state index in [1.165, 1.54) is 12.1 Å². The van der Waals surface area contributed by atoms with Crippen molar-refractivity contribution in [3.05, 3.63) is 35.6 Å². The Morgan fingerprint density at radius 1 is 1.38 bits per heavy atom. The van der Waals surface area contributed by atoms with Gasteiger partial charge in [-0.15, -0.1) is 0 Å². The molecule has 0 saturated heterocycles. The first-order chi connectivity index (χ1) is 7.58. The van der Waals surface area contributed by atoms with E-state index in [0.717, 1.165) is 18.5 Å². The van der Waals surface area contributed by atoms with Gasteiger partial charge in [0.1, 0.15) is 5.82 Å². The monoisotopic (exact) mass is 243 g/mol. The van der Waals surface area contributed by atoms with Crippen LogP contribution in [-0.4, -0.2) is 28.8 Å². The standard InChI is InChI=1S/C12H18FNOS/c1-10(14-7-8-16(2)15)9-11-3-5-12(13)6-4-11/h3-6,10,14H,7-9H2,1-2H3. The van der Waals surface area contributed by atoms with Gasteiger partial charge in [-0.25, -0.2) is 4.39 Å². The van der Waals surface area contributed by atoms with Gasteiger partial charge in [0.05, 0.1) is 0 Å². The van der Waals surface area contributed by atoms with Gasteiger partial charge in [0.25, 0.3) is 0 Å². The highest BCUT2D eigenvalue weighted by Gasteiger charge is 2.03. The Hall–Kier alpha value is -0.740. The molecule has 0 aliphatic heterocycles. The summed E-state index contributed by atoms with van der Waals surface area (Å²) in [6.45, 7) is 2.83. The molecule has 1 N–H and O–H groups in total. The lowest BCUT2D eigenvalue weighted by atomic mass is 10.1. The van der Waals surface area contributed by atoms with Crippen LogP contribution in [0.1, 0.15) is 12.5 Å². The molecule has 0 spiro atoms. The Morgan fingerprint density at radius 3 is 2.56 bits per heavy atom. The number of hydrogen-bond donors (Lipinski definition) is 1. The fourth-order valence-electron chi connectivity index (χ4n) is 1.50. The number of benzene rings is 1. The third-order valence-electron chi connectivity index (χ3n) is 2.34. The summed E-state index contributed by atoms with van der Waals surface area (Å²) in [5, 5.41) is 3.29. The largest absolute Gasteiger partial charge is 0.313 e. The minimum Gasteiger partial charge on any atom is -0.313 e. The van der Waals surface area contributed by atoms with Crippen LogP contribution in [0.2, 0.25) is 0 Å². The number of halogens is 1. The van der Waals surface area contributed by atoms with Gasteiger partial charge >= 0.3 is 0 Å². The summed E-state index contributed by atoms with van der Waals surface area (Å²) in [6.07, 6.45) is 2.56. The quantitative estimate of drug-likeness (QED) is 0.824. The molecule has 2 unspecified atom stereocenters. The molecular weight excluding hydrogens is 225 g/mol. The van der Waals surface area contributed by atoms with Crippen LogP contribution in [0.5, 0.6) is 0 Å². The first-order valence-electron chi connectivity index (χ1n) is 5.36. The average Bonchev–Trinajstić information content (AvgIpc) is 2.21. The lowest BCUT2D eigenvalue weighted by Gasteiger charge is -2.13. The first kappa shape index (κ1) is 13.3. The van der Waals surface area contributed by atoms with E-state index < -0.39 is 10.8 Å². The Bertz CT molecular complexity index is 339. The van der Waals surface area contributed by atoms with Crippen LogP contribution in [0.3, 0.4) is 0 Å². The van der Waals surface area contributed by atoms with E-state index in [2.05, 4.69) is 12.2 Å². The molecule has 0 fully saturated rings. The number of rotatable bonds is 6. The van der Waals surface area contributed by atoms with Crippen molar-refractivity contribution in [2.45, 2.75) is 19.4 Å². The zero-order valence-electron chi connectivity index (χ0n) is 9.70. The Kier molecular flexibility index (Phi) is 5.63. The van der Waals surface area contributed by atoms with E-state index in [9.17, 15) is 8.60 Å². The molecule has 1 aromatic carbocycles. The lowest BCUT2D eigenvalue weighted by Crippen LogP contribution is -2.31. The molecule has 1 rings (SSSR count). The molecule has 2 atom stereocenters. The van der Waals surface area contributed by atoms with E-state index in [1.54, 1.807) is 18.4 Å². The molecule has 16 heavy (non-hydrogen) atoms. The summed E-state index contributed by atoms with van der Waals surface area (Å²) in [6, 6.07) is 6.86. The molecule has 2 nitrogen and oxygen atoms in total. The van der Waals surface area contributed by atoms with E-state index in [-0.39, 0.29) is 5.82 Å². The van der Waals surface area contributed by atoms with Crippen molar-refractivity contribution < 1.29 is 8.60 Å². The molecule has 90 valence electrons. The van der Waals surface area contributed by atoms with E-state index >= 15 is 0 Å². The van der Waals surface area contributed by atoms with Gasteiger partial charge in [0.15, 0.2) is 0 Å². The fraction of sp³-hybridized carbons (Fsp3) is 0.500. The number of hydrogen-bond acceptors (Lipinski definition) is 2. The molecule has 0 saturated carbocycles. The lowest BCUT2D eigenvalue weighted by molar-refractivity contribution is 0.564. The Labute approximate surface area is 98.7 Å². The van der Waals surface area contributed by atoms with Crippen molar-refractivity contribution in [2.24, 2.45) is 0 Å². The van der Waals surface area contributed by atoms with Crippen LogP contribution in [0.15, 0.2) is 24.3 Å². The molecule has 0 radical (unpaired) electrons. The second kappa shape index (κ2) is 6.76. The van der Waals surface area contributed by atoms with E-state index in [0.29, 0.717) is 11.8 Å². The molecule has 0 aliphatic carbocycles. The summed E-state index contributed by atoms with van der Waals surface area (Å²) in [4.78, 5) is 0. The summed E-state index contributed by atoms with van der Waals surface area (Å²) in [7, 11) is -0.744. The highest BCUT2D eigenvalue weighted by Crippen LogP contribution is 2.05. The summed E-state index contributed by atoms with van der Waals surface area (Å²) < 4.78 is 23.5. The van der Waals surface area contributed by atoms with E-state index in [1.807, 2.05) is 0 Å². The smallest absolute Gasteiger partial charge is 0.123 e. The molecule has 0 aromatic heterocycles. The predicted molar refractivity (Wildman–Crippen MR) is 66.5 cm³/mol. The second-order valence-electron chi connectivity index (χ2n) is 3.96. The zero-order valence-corrected chi connectivity index (χ0v) is 10.5. The van der Waals surface area contributed by atoms with Crippen LogP contribution in [0.4, 0.5) is 4.39 Å². The van der Waals surface area contributed by atoms with Crippen molar-refractivity contribution in [2.75, 3.05) is 18.6 Å². The topological polar surface area (TPSA) is 29.1 Å². The van der Waals surface area contributed by atoms with Gasteiger partial charge in [-0.1, -0.05) is 12.1 Å². The van der Waals surface area contributed by atoms with Crippen molar-refractivity contribution in [1.29, 1.82) is 0 Å². The molecule has 0 bridgehead atoms. The summed E-state index contributed by atoms with van der Waals surface area (Å²) >= 11 is 0. The van der Waals surface area contributed by atoms with Crippen LogP contribution in [-0.2, 0) is 17.2 Å². The Balaban J connectivity index is 2.31. The first-order valence-corrected chi connectivity index (χ1v) is 7.08. The van der Waals surface area contributed by atoms with Gasteiger partial charge in [0.2, 0.25) is 0 Å². The minimum absolute atomic E-state index is 0.203. The number of nitrogens with one attached hydrogen (secondary N) is 1. The molecule has 0 aliphatic rings. The Morgan fingerprint density at radius 2 is 2.00 bits per heavy atom. The van der Waals surface area contributed by atoms with E-state index in [4.69, 9.17) is 0 Å². The normalized spacial score (nSPS) is 14.7. The third-order valence-corrected chi connectivity index (χ3v) is 3.12. The van der Waals surface area contributed by atoms with Crippen LogP contribution >= 0.6 is 0 Å². The minimum atomic E-state index is -0.744. The van der Waals surface area contributed by atoms with Gasteiger partial charge in [-0.05, 0) is 31.0 Å².